The zero-order valence-electron chi connectivity index (χ0n) is 17.3. The molecule has 0 radical (unpaired) electrons. The zero-order chi connectivity index (χ0) is 25.0. The van der Waals surface area contributed by atoms with Crippen LogP contribution in [0.1, 0.15) is 32.6 Å². The summed E-state index contributed by atoms with van der Waals surface area (Å²) in [5, 5.41) is 43.0. The van der Waals surface area contributed by atoms with Crippen LogP contribution in [0.4, 0.5) is 0 Å². The Balaban J connectivity index is 5.30. The van der Waals surface area contributed by atoms with Gasteiger partial charge in [0.15, 0.2) is 0 Å². The van der Waals surface area contributed by atoms with E-state index in [9.17, 15) is 39.0 Å². The number of aliphatic carboxylic acids is 2. The van der Waals surface area contributed by atoms with Crippen LogP contribution in [0, 0.1) is 0 Å². The van der Waals surface area contributed by atoms with Crippen LogP contribution < -0.4 is 27.4 Å². The molecule has 15 heteroatoms. The maximum Gasteiger partial charge on any atom is 0.326 e. The fourth-order valence-electron chi connectivity index (χ4n) is 2.31. The number of aliphatic hydroxyl groups is 2. The van der Waals surface area contributed by atoms with Crippen LogP contribution >= 0.6 is 0 Å². The van der Waals surface area contributed by atoms with Gasteiger partial charge in [-0.3, -0.25) is 24.0 Å². The van der Waals surface area contributed by atoms with Crippen LogP contribution in [-0.2, 0) is 28.8 Å². The molecular weight excluding hydrogens is 434 g/mol. The van der Waals surface area contributed by atoms with Crippen molar-refractivity contribution < 1.29 is 49.2 Å². The number of hydrogen-bond donors (Lipinski definition) is 9. The minimum atomic E-state index is -1.66. The second-order valence-corrected chi connectivity index (χ2v) is 6.91. The SMILES string of the molecule is CC(O)C(N)C(=O)NC(CCC(=O)O)C(=O)NC(CO)C(=O)NC(CCC(N)=O)C(=O)O. The Bertz CT molecular complexity index is 714. The quantitative estimate of drug-likeness (QED) is 0.111. The van der Waals surface area contributed by atoms with Crippen molar-refractivity contribution in [3.8, 4) is 0 Å². The summed E-state index contributed by atoms with van der Waals surface area (Å²) in [6, 6.07) is -6.11. The van der Waals surface area contributed by atoms with E-state index in [1.807, 2.05) is 5.32 Å². The lowest BCUT2D eigenvalue weighted by Crippen LogP contribution is -2.59. The van der Waals surface area contributed by atoms with Gasteiger partial charge in [-0.2, -0.15) is 0 Å². The number of primary amides is 1. The van der Waals surface area contributed by atoms with Crippen molar-refractivity contribution in [2.24, 2.45) is 11.5 Å². The molecular formula is C17H29N5O10. The maximum atomic E-state index is 12.5. The summed E-state index contributed by atoms with van der Waals surface area (Å²) in [6.07, 6.45) is -2.92. The highest BCUT2D eigenvalue weighted by Gasteiger charge is 2.31. The van der Waals surface area contributed by atoms with Crippen LogP contribution in [-0.4, -0.2) is 92.9 Å². The molecule has 0 rings (SSSR count). The zero-order valence-corrected chi connectivity index (χ0v) is 17.3. The number of carboxylic acid groups (broad SMARTS) is 2. The number of amides is 4. The monoisotopic (exact) mass is 463 g/mol. The molecule has 4 amide bonds. The van der Waals surface area contributed by atoms with Crippen LogP contribution in [0.15, 0.2) is 0 Å². The van der Waals surface area contributed by atoms with Gasteiger partial charge in [-0.05, 0) is 19.8 Å². The van der Waals surface area contributed by atoms with E-state index in [-0.39, 0.29) is 12.8 Å². The van der Waals surface area contributed by atoms with Gasteiger partial charge >= 0.3 is 11.9 Å². The summed E-state index contributed by atoms with van der Waals surface area (Å²) >= 11 is 0. The number of aliphatic hydroxyl groups excluding tert-OH is 2. The number of nitrogens with two attached hydrogens (primary N) is 2. The first-order valence-corrected chi connectivity index (χ1v) is 9.48. The van der Waals surface area contributed by atoms with Crippen molar-refractivity contribution in [2.45, 2.75) is 62.9 Å². The minimum absolute atomic E-state index is 0.336. The lowest BCUT2D eigenvalue weighted by molar-refractivity contribution is -0.143. The second-order valence-electron chi connectivity index (χ2n) is 6.91. The molecule has 11 N–H and O–H groups in total. The summed E-state index contributed by atoms with van der Waals surface area (Å²) in [5.74, 6) is -6.71. The molecule has 32 heavy (non-hydrogen) atoms. The number of hydrogen-bond acceptors (Lipinski definition) is 9. The van der Waals surface area contributed by atoms with Gasteiger partial charge in [0, 0.05) is 12.8 Å². The second kappa shape index (κ2) is 13.9. The molecule has 0 aliphatic heterocycles. The summed E-state index contributed by atoms with van der Waals surface area (Å²) in [5.41, 5.74) is 10.4. The third-order valence-corrected chi connectivity index (χ3v) is 4.21. The summed E-state index contributed by atoms with van der Waals surface area (Å²) in [6.45, 7) is 0.256. The van der Waals surface area contributed by atoms with Crippen molar-refractivity contribution in [3.05, 3.63) is 0 Å². The van der Waals surface area contributed by atoms with Crippen LogP contribution in [0.5, 0.6) is 0 Å². The third-order valence-electron chi connectivity index (χ3n) is 4.21. The van der Waals surface area contributed by atoms with Gasteiger partial charge in [-0.1, -0.05) is 0 Å². The molecule has 0 heterocycles. The lowest BCUT2D eigenvalue weighted by Gasteiger charge is -2.24. The molecule has 0 saturated heterocycles. The molecule has 0 aromatic heterocycles. The Hall–Kier alpha value is -3.30. The van der Waals surface area contributed by atoms with E-state index in [2.05, 4.69) is 10.6 Å². The molecule has 15 nitrogen and oxygen atoms in total. The van der Waals surface area contributed by atoms with Crippen molar-refractivity contribution in [1.29, 1.82) is 0 Å². The van der Waals surface area contributed by atoms with E-state index in [1.165, 1.54) is 6.92 Å². The third kappa shape index (κ3) is 10.6. The first-order valence-electron chi connectivity index (χ1n) is 9.48. The van der Waals surface area contributed by atoms with Gasteiger partial charge in [0.05, 0.1) is 12.7 Å². The number of carboxylic acids is 2. The molecule has 0 aliphatic rings. The molecule has 5 unspecified atom stereocenters. The molecule has 0 aromatic carbocycles. The molecule has 182 valence electrons. The standard InChI is InChI=1S/C17H29N5O10/c1-7(24)13(19)16(30)20-8(3-5-12(26)27)14(28)22-10(6-23)15(29)21-9(17(31)32)2-4-11(18)25/h7-10,13,23-24H,2-6,19H2,1H3,(H2,18,25)(H,20,30)(H,21,29)(H,22,28)(H,26,27)(H,31,32). The summed E-state index contributed by atoms with van der Waals surface area (Å²) < 4.78 is 0. The number of carbonyl (C=O) groups is 6. The van der Waals surface area contributed by atoms with E-state index in [4.69, 9.17) is 21.7 Å². The number of nitrogens with one attached hydrogen (secondary N) is 3. The van der Waals surface area contributed by atoms with Crippen LogP contribution in [0.25, 0.3) is 0 Å². The van der Waals surface area contributed by atoms with Crippen molar-refractivity contribution >= 4 is 35.6 Å². The van der Waals surface area contributed by atoms with Gasteiger partial charge in [0.1, 0.15) is 24.2 Å². The Morgan fingerprint density at radius 1 is 0.812 bits per heavy atom. The van der Waals surface area contributed by atoms with Gasteiger partial charge < -0.3 is 47.8 Å². The summed E-state index contributed by atoms with van der Waals surface area (Å²) in [4.78, 5) is 69.7. The fraction of sp³-hybridized carbons (Fsp3) is 0.647. The van der Waals surface area contributed by atoms with Crippen molar-refractivity contribution in [3.63, 3.8) is 0 Å². The lowest BCUT2D eigenvalue weighted by atomic mass is 10.1. The maximum absolute atomic E-state index is 12.5. The molecule has 0 aromatic rings. The highest BCUT2D eigenvalue weighted by Crippen LogP contribution is 2.03. The first kappa shape index (κ1) is 28.7. The van der Waals surface area contributed by atoms with Gasteiger partial charge in [-0.15, -0.1) is 0 Å². The molecule has 0 aliphatic carbocycles. The van der Waals surface area contributed by atoms with E-state index < -0.39 is 85.3 Å². The molecule has 0 saturated carbocycles. The van der Waals surface area contributed by atoms with E-state index in [0.717, 1.165) is 0 Å². The predicted molar refractivity (Wildman–Crippen MR) is 105 cm³/mol. The van der Waals surface area contributed by atoms with Crippen LogP contribution in [0.3, 0.4) is 0 Å². The van der Waals surface area contributed by atoms with E-state index in [1.54, 1.807) is 0 Å². The topological polar surface area (TPSA) is 271 Å². The Morgan fingerprint density at radius 3 is 1.72 bits per heavy atom. The van der Waals surface area contributed by atoms with E-state index >= 15 is 0 Å². The predicted octanol–water partition coefficient (Wildman–Crippen LogP) is -4.64. The number of carbonyl (C=O) groups excluding carboxylic acids is 4. The molecule has 0 bridgehead atoms. The van der Waals surface area contributed by atoms with E-state index in [0.29, 0.717) is 0 Å². The Labute approximate surface area is 182 Å². The average molecular weight is 463 g/mol. The molecule has 0 spiro atoms. The highest BCUT2D eigenvalue weighted by molar-refractivity contribution is 5.94. The summed E-state index contributed by atoms with van der Waals surface area (Å²) in [7, 11) is 0. The fourth-order valence-corrected chi connectivity index (χ4v) is 2.31. The van der Waals surface area contributed by atoms with Crippen LogP contribution in [0.2, 0.25) is 0 Å². The smallest absolute Gasteiger partial charge is 0.326 e. The molecule has 5 atom stereocenters. The van der Waals surface area contributed by atoms with Gasteiger partial charge in [0.25, 0.3) is 0 Å². The number of rotatable bonds is 15. The van der Waals surface area contributed by atoms with Gasteiger partial charge in [0.2, 0.25) is 23.6 Å². The minimum Gasteiger partial charge on any atom is -0.481 e. The molecule has 0 fully saturated rings. The highest BCUT2D eigenvalue weighted by atomic mass is 16.4. The first-order chi connectivity index (χ1) is 14.8. The van der Waals surface area contributed by atoms with Gasteiger partial charge in [-0.25, -0.2) is 4.79 Å². The largest absolute Gasteiger partial charge is 0.481 e. The Morgan fingerprint density at radius 2 is 1.28 bits per heavy atom. The Kier molecular flexibility index (Phi) is 12.5. The van der Waals surface area contributed by atoms with Crippen molar-refractivity contribution in [2.75, 3.05) is 6.61 Å². The normalized spacial score (nSPS) is 15.4. The average Bonchev–Trinajstić information content (AvgIpc) is 2.70. The van der Waals surface area contributed by atoms with Crippen molar-refractivity contribution in [1.82, 2.24) is 16.0 Å².